The van der Waals surface area contributed by atoms with Crippen molar-refractivity contribution < 1.29 is 13.2 Å². The van der Waals surface area contributed by atoms with Gasteiger partial charge in [0.25, 0.3) is 0 Å². The molecular weight excluding hydrogens is 469 g/mol. The largest absolute Gasteiger partial charge is 0.340 e. The molecule has 2 fully saturated rings. The quantitative estimate of drug-likeness (QED) is 0.633. The Labute approximate surface area is 199 Å². The number of sulfonamides is 1. The van der Waals surface area contributed by atoms with Gasteiger partial charge in [-0.25, -0.2) is 8.42 Å². The molecule has 0 radical (unpaired) electrons. The van der Waals surface area contributed by atoms with E-state index in [4.69, 9.17) is 23.2 Å². The number of amides is 1. The van der Waals surface area contributed by atoms with Gasteiger partial charge < -0.3 is 4.90 Å². The molecule has 2 aromatic carbocycles. The molecule has 2 saturated heterocycles. The van der Waals surface area contributed by atoms with E-state index in [0.29, 0.717) is 44.0 Å². The van der Waals surface area contributed by atoms with Crippen molar-refractivity contribution >= 4 is 39.1 Å². The van der Waals surface area contributed by atoms with Crippen LogP contribution in [-0.2, 0) is 21.4 Å². The Balaban J connectivity index is 1.26. The molecule has 0 bridgehead atoms. The average molecular weight is 496 g/mol. The summed E-state index contributed by atoms with van der Waals surface area (Å²) in [7, 11) is -3.56. The van der Waals surface area contributed by atoms with Crippen LogP contribution >= 0.6 is 23.2 Å². The van der Waals surface area contributed by atoms with E-state index in [-0.39, 0.29) is 16.7 Å². The zero-order chi connectivity index (χ0) is 22.7. The molecule has 0 unspecified atom stereocenters. The highest BCUT2D eigenvalue weighted by atomic mass is 35.5. The minimum absolute atomic E-state index is 0.116. The van der Waals surface area contributed by atoms with Gasteiger partial charge in [-0.1, -0.05) is 35.3 Å². The second-order valence-electron chi connectivity index (χ2n) is 8.36. The molecule has 2 aliphatic heterocycles. The van der Waals surface area contributed by atoms with Crippen molar-refractivity contribution in [1.82, 2.24) is 14.1 Å². The minimum atomic E-state index is -3.56. The lowest BCUT2D eigenvalue weighted by Gasteiger charge is -2.38. The van der Waals surface area contributed by atoms with Crippen LogP contribution in [0.2, 0.25) is 10.0 Å². The Hall–Kier alpha value is -1.64. The Morgan fingerprint density at radius 3 is 1.91 bits per heavy atom. The van der Waals surface area contributed by atoms with Crippen LogP contribution in [-0.4, -0.2) is 67.7 Å². The van der Waals surface area contributed by atoms with Crippen molar-refractivity contribution in [2.24, 2.45) is 5.92 Å². The third kappa shape index (κ3) is 5.46. The first-order chi connectivity index (χ1) is 15.3. The smallest absolute Gasteiger partial charge is 0.243 e. The van der Waals surface area contributed by atoms with E-state index in [1.165, 1.54) is 22.0 Å². The van der Waals surface area contributed by atoms with Crippen LogP contribution in [0.4, 0.5) is 0 Å². The van der Waals surface area contributed by atoms with Gasteiger partial charge >= 0.3 is 0 Å². The summed E-state index contributed by atoms with van der Waals surface area (Å²) in [5.74, 6) is 0.0363. The van der Waals surface area contributed by atoms with Gasteiger partial charge in [-0.05, 0) is 54.8 Å². The fourth-order valence-corrected chi connectivity index (χ4v) is 6.05. The number of carbonyl (C=O) groups is 1. The number of halogens is 2. The van der Waals surface area contributed by atoms with Crippen LogP contribution in [0.1, 0.15) is 18.4 Å². The molecule has 0 aliphatic carbocycles. The lowest BCUT2D eigenvalue weighted by atomic mass is 9.96. The number of rotatable bonds is 5. The maximum Gasteiger partial charge on any atom is 0.243 e. The number of piperidine rings is 1. The summed E-state index contributed by atoms with van der Waals surface area (Å²) >= 11 is 11.8. The second-order valence-corrected chi connectivity index (χ2v) is 11.2. The Morgan fingerprint density at radius 2 is 1.34 bits per heavy atom. The molecule has 0 atom stereocenters. The van der Waals surface area contributed by atoms with Gasteiger partial charge in [-0.2, -0.15) is 4.31 Å². The van der Waals surface area contributed by atoms with E-state index in [2.05, 4.69) is 4.90 Å². The number of carbonyl (C=O) groups excluding carboxylic acids is 1. The third-order valence-corrected chi connectivity index (χ3v) is 8.67. The molecule has 0 aromatic heterocycles. The van der Waals surface area contributed by atoms with Gasteiger partial charge in [-0.3, -0.25) is 9.69 Å². The summed E-state index contributed by atoms with van der Waals surface area (Å²) in [5.41, 5.74) is 1.21. The number of nitrogens with zero attached hydrogens (tertiary/aromatic N) is 3. The van der Waals surface area contributed by atoms with Gasteiger partial charge in [-0.15, -0.1) is 0 Å². The Morgan fingerprint density at radius 1 is 0.812 bits per heavy atom. The molecule has 6 nitrogen and oxygen atoms in total. The monoisotopic (exact) mass is 495 g/mol. The molecule has 2 aliphatic rings. The van der Waals surface area contributed by atoms with Crippen LogP contribution in [0, 0.1) is 5.92 Å². The van der Waals surface area contributed by atoms with Gasteiger partial charge in [0.05, 0.1) is 4.90 Å². The minimum Gasteiger partial charge on any atom is -0.340 e. The lowest BCUT2D eigenvalue weighted by Crippen LogP contribution is -2.51. The predicted molar refractivity (Wildman–Crippen MR) is 126 cm³/mol. The highest BCUT2D eigenvalue weighted by molar-refractivity contribution is 7.89. The second kappa shape index (κ2) is 10.1. The number of piperazine rings is 1. The lowest BCUT2D eigenvalue weighted by molar-refractivity contribution is -0.138. The highest BCUT2D eigenvalue weighted by Gasteiger charge is 2.34. The van der Waals surface area contributed by atoms with Gasteiger partial charge in [0, 0.05) is 61.8 Å². The number of benzene rings is 2. The fourth-order valence-electron chi connectivity index (χ4n) is 4.33. The molecule has 1 amide bonds. The van der Waals surface area contributed by atoms with Crippen LogP contribution in [0.5, 0.6) is 0 Å². The van der Waals surface area contributed by atoms with Crippen LogP contribution < -0.4 is 0 Å². The van der Waals surface area contributed by atoms with Gasteiger partial charge in [0.1, 0.15) is 0 Å². The van der Waals surface area contributed by atoms with E-state index in [1.807, 2.05) is 29.2 Å². The van der Waals surface area contributed by atoms with Crippen molar-refractivity contribution in [2.45, 2.75) is 24.3 Å². The number of hydrogen-bond donors (Lipinski definition) is 0. The van der Waals surface area contributed by atoms with Gasteiger partial charge in [0.15, 0.2) is 0 Å². The van der Waals surface area contributed by atoms with E-state index in [0.717, 1.165) is 24.7 Å². The third-order valence-electron chi connectivity index (χ3n) is 6.26. The van der Waals surface area contributed by atoms with Crippen molar-refractivity contribution in [3.05, 3.63) is 64.1 Å². The fraction of sp³-hybridized carbons (Fsp3) is 0.435. The molecular formula is C23H27Cl2N3O3S. The average Bonchev–Trinajstić information content (AvgIpc) is 2.81. The number of hydrogen-bond acceptors (Lipinski definition) is 4. The summed E-state index contributed by atoms with van der Waals surface area (Å²) < 4.78 is 27.2. The van der Waals surface area contributed by atoms with Crippen LogP contribution in [0.15, 0.2) is 53.4 Å². The maximum absolute atomic E-state index is 13.0. The summed E-state index contributed by atoms with van der Waals surface area (Å²) in [6, 6.07) is 14.1. The van der Waals surface area contributed by atoms with Crippen molar-refractivity contribution in [1.29, 1.82) is 0 Å². The molecule has 0 N–H and O–H groups in total. The van der Waals surface area contributed by atoms with Crippen molar-refractivity contribution in [3.63, 3.8) is 0 Å². The highest BCUT2D eigenvalue weighted by Crippen LogP contribution is 2.26. The first-order valence-corrected chi connectivity index (χ1v) is 13.0. The molecule has 2 heterocycles. The summed E-state index contributed by atoms with van der Waals surface area (Å²) in [4.78, 5) is 17.5. The van der Waals surface area contributed by atoms with E-state index in [9.17, 15) is 13.2 Å². The van der Waals surface area contributed by atoms with E-state index in [1.54, 1.807) is 12.1 Å². The molecule has 32 heavy (non-hydrogen) atoms. The summed E-state index contributed by atoms with van der Waals surface area (Å²) in [5, 5.41) is 1.23. The molecule has 0 spiro atoms. The molecule has 2 aromatic rings. The standard InChI is InChI=1S/C23H27Cl2N3O3S/c24-20-3-1-18(2-4-20)17-26-13-15-27(16-14-26)23(29)19-9-11-28(12-10-19)32(30,31)22-7-5-21(25)6-8-22/h1-8,19H,9-17H2. The summed E-state index contributed by atoms with van der Waals surface area (Å²) in [6.07, 6.45) is 1.10. The predicted octanol–water partition coefficient (Wildman–Crippen LogP) is 3.74. The zero-order valence-corrected chi connectivity index (χ0v) is 20.1. The first-order valence-electron chi connectivity index (χ1n) is 10.8. The van der Waals surface area contributed by atoms with Crippen molar-refractivity contribution in [2.75, 3.05) is 39.3 Å². The zero-order valence-electron chi connectivity index (χ0n) is 17.8. The molecule has 172 valence electrons. The maximum atomic E-state index is 13.0. The topological polar surface area (TPSA) is 60.9 Å². The Kier molecular flexibility index (Phi) is 7.42. The molecule has 4 rings (SSSR count). The Bertz CT molecular complexity index is 1030. The van der Waals surface area contributed by atoms with Gasteiger partial charge in [0.2, 0.25) is 15.9 Å². The SMILES string of the molecule is O=C(C1CCN(S(=O)(=O)c2ccc(Cl)cc2)CC1)N1CCN(Cc2ccc(Cl)cc2)CC1. The molecule has 0 saturated carbocycles. The summed E-state index contributed by atoms with van der Waals surface area (Å²) in [6.45, 7) is 4.64. The van der Waals surface area contributed by atoms with E-state index < -0.39 is 10.0 Å². The van der Waals surface area contributed by atoms with Crippen LogP contribution in [0.25, 0.3) is 0 Å². The van der Waals surface area contributed by atoms with Crippen LogP contribution in [0.3, 0.4) is 0 Å². The first kappa shape index (κ1) is 23.5. The normalized spacial score (nSPS) is 19.2. The van der Waals surface area contributed by atoms with E-state index >= 15 is 0 Å². The molecule has 9 heteroatoms. The van der Waals surface area contributed by atoms with Crippen molar-refractivity contribution in [3.8, 4) is 0 Å².